The third-order valence-electron chi connectivity index (χ3n) is 3.84. The number of halogens is 2. The third kappa shape index (κ3) is 4.81. The molecular formula is C20H19BrClNO3. The molecular weight excluding hydrogens is 418 g/mol. The van der Waals surface area contributed by atoms with Crippen molar-refractivity contribution in [3.05, 3.63) is 81.2 Å². The van der Waals surface area contributed by atoms with Crippen molar-refractivity contribution in [2.75, 3.05) is 7.11 Å². The third-order valence-corrected chi connectivity index (χ3v) is 4.82. The molecule has 0 atom stereocenters. The zero-order valence-corrected chi connectivity index (χ0v) is 16.6. The summed E-state index contributed by atoms with van der Waals surface area (Å²) in [5, 5.41) is 4.05. The van der Waals surface area contributed by atoms with Crippen molar-refractivity contribution in [1.29, 1.82) is 0 Å². The van der Waals surface area contributed by atoms with Crippen LogP contribution in [0.3, 0.4) is 0 Å². The van der Waals surface area contributed by atoms with Crippen LogP contribution in [0.1, 0.15) is 16.9 Å². The van der Waals surface area contributed by atoms with Crippen LogP contribution in [0.25, 0.3) is 0 Å². The second-order valence-corrected chi connectivity index (χ2v) is 6.95. The molecule has 0 aliphatic rings. The maximum atomic E-state index is 6.09. The van der Waals surface area contributed by atoms with Crippen molar-refractivity contribution in [3.8, 4) is 11.5 Å². The van der Waals surface area contributed by atoms with Crippen molar-refractivity contribution in [2.45, 2.75) is 19.7 Å². The van der Waals surface area contributed by atoms with Crippen molar-refractivity contribution in [1.82, 2.24) is 5.32 Å². The van der Waals surface area contributed by atoms with Crippen molar-refractivity contribution in [3.63, 3.8) is 0 Å². The van der Waals surface area contributed by atoms with Gasteiger partial charge in [0.1, 0.15) is 12.4 Å². The Morgan fingerprint density at radius 3 is 2.73 bits per heavy atom. The number of methoxy groups -OCH3 is 1. The van der Waals surface area contributed by atoms with Crippen LogP contribution in [0.2, 0.25) is 5.02 Å². The molecule has 136 valence electrons. The quantitative estimate of drug-likeness (QED) is 0.501. The van der Waals surface area contributed by atoms with Gasteiger partial charge >= 0.3 is 0 Å². The van der Waals surface area contributed by atoms with E-state index in [1.807, 2.05) is 48.5 Å². The summed E-state index contributed by atoms with van der Waals surface area (Å²) < 4.78 is 17.9. The second kappa shape index (κ2) is 9.12. The number of ether oxygens (including phenoxy) is 2. The van der Waals surface area contributed by atoms with Gasteiger partial charge in [-0.15, -0.1) is 0 Å². The van der Waals surface area contributed by atoms with Crippen LogP contribution in [0.4, 0.5) is 0 Å². The summed E-state index contributed by atoms with van der Waals surface area (Å²) in [4.78, 5) is 0. The molecule has 1 N–H and O–H groups in total. The first-order valence-corrected chi connectivity index (χ1v) is 9.30. The average Bonchev–Trinajstić information content (AvgIpc) is 3.15. The largest absolute Gasteiger partial charge is 0.493 e. The van der Waals surface area contributed by atoms with Crippen LogP contribution in [0.5, 0.6) is 11.5 Å². The molecule has 1 aromatic heterocycles. The lowest BCUT2D eigenvalue weighted by atomic mass is 10.1. The van der Waals surface area contributed by atoms with Gasteiger partial charge in [0.25, 0.3) is 0 Å². The van der Waals surface area contributed by atoms with Gasteiger partial charge in [-0.1, -0.05) is 39.7 Å². The van der Waals surface area contributed by atoms with E-state index in [1.165, 1.54) is 0 Å². The summed E-state index contributed by atoms with van der Waals surface area (Å²) in [7, 11) is 1.63. The highest BCUT2D eigenvalue weighted by Gasteiger charge is 2.15. The second-order valence-electron chi connectivity index (χ2n) is 5.66. The zero-order valence-electron chi connectivity index (χ0n) is 14.3. The molecule has 0 radical (unpaired) electrons. The molecule has 3 rings (SSSR count). The van der Waals surface area contributed by atoms with E-state index >= 15 is 0 Å². The van der Waals surface area contributed by atoms with Gasteiger partial charge in [-0.05, 0) is 42.0 Å². The fourth-order valence-electron chi connectivity index (χ4n) is 2.57. The number of benzene rings is 2. The first-order chi connectivity index (χ1) is 12.7. The van der Waals surface area contributed by atoms with Crippen molar-refractivity contribution < 1.29 is 13.9 Å². The fraction of sp³-hybridized carbons (Fsp3) is 0.200. The van der Waals surface area contributed by atoms with Gasteiger partial charge in [-0.2, -0.15) is 0 Å². The monoisotopic (exact) mass is 435 g/mol. The number of hydrogen-bond donors (Lipinski definition) is 1. The topological polar surface area (TPSA) is 43.6 Å². The van der Waals surface area contributed by atoms with Gasteiger partial charge in [0.15, 0.2) is 11.5 Å². The first kappa shape index (κ1) is 18.8. The lowest BCUT2D eigenvalue weighted by Crippen LogP contribution is -2.14. The molecule has 26 heavy (non-hydrogen) atoms. The number of hydrogen-bond acceptors (Lipinski definition) is 4. The highest BCUT2D eigenvalue weighted by atomic mass is 79.9. The van der Waals surface area contributed by atoms with Crippen LogP contribution in [-0.2, 0) is 19.7 Å². The van der Waals surface area contributed by atoms with E-state index in [1.54, 1.807) is 13.4 Å². The van der Waals surface area contributed by atoms with E-state index in [-0.39, 0.29) is 0 Å². The summed E-state index contributed by atoms with van der Waals surface area (Å²) in [6.07, 6.45) is 1.66. The number of furan rings is 1. The van der Waals surface area contributed by atoms with Crippen molar-refractivity contribution in [2.24, 2.45) is 0 Å². The van der Waals surface area contributed by atoms with Crippen molar-refractivity contribution >= 4 is 27.5 Å². The summed E-state index contributed by atoms with van der Waals surface area (Å²) in [5.41, 5.74) is 1.98. The van der Waals surface area contributed by atoms with Gasteiger partial charge in [-0.3, -0.25) is 0 Å². The standard InChI is InChI=1S/C20H19BrClNO3/c1-24-19-8-7-18(21)17(12-23-11-16-6-3-9-25-16)20(19)26-13-14-4-2-5-15(22)10-14/h2-10,23H,11-13H2,1H3. The number of nitrogens with one attached hydrogen (secondary N) is 1. The first-order valence-electron chi connectivity index (χ1n) is 8.13. The minimum absolute atomic E-state index is 0.401. The van der Waals surface area contributed by atoms with E-state index in [9.17, 15) is 0 Å². The molecule has 0 bridgehead atoms. The van der Waals surface area contributed by atoms with E-state index in [0.29, 0.717) is 36.2 Å². The lowest BCUT2D eigenvalue weighted by Gasteiger charge is -2.17. The minimum atomic E-state index is 0.401. The highest BCUT2D eigenvalue weighted by Crippen LogP contribution is 2.37. The Bertz CT molecular complexity index is 852. The summed E-state index contributed by atoms with van der Waals surface area (Å²) in [5.74, 6) is 2.27. The molecule has 0 aliphatic heterocycles. The molecule has 1 heterocycles. The number of rotatable bonds is 8. The van der Waals surface area contributed by atoms with Gasteiger partial charge in [-0.25, -0.2) is 0 Å². The SMILES string of the molecule is COc1ccc(Br)c(CNCc2ccco2)c1OCc1cccc(Cl)c1. The molecule has 0 fully saturated rings. The predicted molar refractivity (Wildman–Crippen MR) is 106 cm³/mol. The summed E-state index contributed by atoms with van der Waals surface area (Å²) >= 11 is 9.66. The molecule has 0 saturated heterocycles. The highest BCUT2D eigenvalue weighted by molar-refractivity contribution is 9.10. The van der Waals surface area contributed by atoms with E-state index in [0.717, 1.165) is 21.4 Å². The zero-order chi connectivity index (χ0) is 18.4. The lowest BCUT2D eigenvalue weighted by molar-refractivity contribution is 0.280. The van der Waals surface area contributed by atoms with Crippen LogP contribution in [-0.4, -0.2) is 7.11 Å². The molecule has 0 unspecified atom stereocenters. The Morgan fingerprint density at radius 2 is 2.00 bits per heavy atom. The van der Waals surface area contributed by atoms with E-state index in [4.69, 9.17) is 25.5 Å². The van der Waals surface area contributed by atoms with Gasteiger partial charge in [0.05, 0.1) is 19.9 Å². The molecule has 0 saturated carbocycles. The molecule has 0 spiro atoms. The van der Waals surface area contributed by atoms with Gasteiger partial charge in [0, 0.05) is 21.6 Å². The van der Waals surface area contributed by atoms with Crippen LogP contribution in [0, 0.1) is 0 Å². The Balaban J connectivity index is 1.76. The molecule has 4 nitrogen and oxygen atoms in total. The molecule has 3 aromatic rings. The Morgan fingerprint density at radius 1 is 1.12 bits per heavy atom. The molecule has 2 aromatic carbocycles. The minimum Gasteiger partial charge on any atom is -0.493 e. The maximum Gasteiger partial charge on any atom is 0.167 e. The van der Waals surface area contributed by atoms with E-state index in [2.05, 4.69) is 21.2 Å². The smallest absolute Gasteiger partial charge is 0.167 e. The van der Waals surface area contributed by atoms with Gasteiger partial charge < -0.3 is 19.2 Å². The average molecular weight is 437 g/mol. The van der Waals surface area contributed by atoms with Crippen LogP contribution in [0.15, 0.2) is 63.7 Å². The molecule has 6 heteroatoms. The molecule has 0 amide bonds. The Labute approximate surface area is 166 Å². The Kier molecular flexibility index (Phi) is 6.61. The predicted octanol–water partition coefficient (Wildman–Crippen LogP) is 5.57. The normalized spacial score (nSPS) is 10.7. The Hall–Kier alpha value is -1.95. The van der Waals surface area contributed by atoms with Crippen LogP contribution >= 0.6 is 27.5 Å². The fourth-order valence-corrected chi connectivity index (χ4v) is 3.24. The summed E-state index contributed by atoms with van der Waals surface area (Å²) in [6, 6.07) is 15.3. The van der Waals surface area contributed by atoms with Gasteiger partial charge in [0.2, 0.25) is 0 Å². The molecule has 0 aliphatic carbocycles. The summed E-state index contributed by atoms with van der Waals surface area (Å²) in [6.45, 7) is 1.63. The maximum absolute atomic E-state index is 6.09. The van der Waals surface area contributed by atoms with E-state index < -0.39 is 0 Å². The van der Waals surface area contributed by atoms with Crippen LogP contribution < -0.4 is 14.8 Å².